The molecule has 0 unspecified atom stereocenters. The van der Waals surface area contributed by atoms with E-state index in [1.165, 1.54) is 12.1 Å². The van der Waals surface area contributed by atoms with E-state index in [9.17, 15) is 4.39 Å². The summed E-state index contributed by atoms with van der Waals surface area (Å²) in [5, 5.41) is 3.35. The van der Waals surface area contributed by atoms with Gasteiger partial charge in [-0.1, -0.05) is 25.4 Å². The molecule has 0 amide bonds. The normalized spacial score (nSPS) is 10.9. The number of benzene rings is 1. The van der Waals surface area contributed by atoms with Crippen LogP contribution in [-0.2, 0) is 6.54 Å². The van der Waals surface area contributed by atoms with Crippen molar-refractivity contribution in [3.05, 3.63) is 47.0 Å². The summed E-state index contributed by atoms with van der Waals surface area (Å²) in [6.07, 6.45) is 3.36. The number of aromatic nitrogens is 2. The number of hydrogen-bond donors (Lipinski definition) is 1. The summed E-state index contributed by atoms with van der Waals surface area (Å²) in [7, 11) is 0. The first kappa shape index (κ1) is 15.7. The van der Waals surface area contributed by atoms with Crippen LogP contribution in [0.3, 0.4) is 0 Å². The Morgan fingerprint density at radius 3 is 2.62 bits per heavy atom. The summed E-state index contributed by atoms with van der Waals surface area (Å²) >= 11 is 5.61. The molecule has 0 bridgehead atoms. The summed E-state index contributed by atoms with van der Waals surface area (Å²) < 4.78 is 18.7. The van der Waals surface area contributed by atoms with Crippen molar-refractivity contribution in [2.75, 3.05) is 6.54 Å². The van der Waals surface area contributed by atoms with E-state index >= 15 is 0 Å². The first-order valence-corrected chi connectivity index (χ1v) is 7.07. The maximum atomic E-state index is 13.3. The van der Waals surface area contributed by atoms with Crippen LogP contribution in [0.25, 0.3) is 0 Å². The summed E-state index contributed by atoms with van der Waals surface area (Å²) in [6.45, 7) is 5.92. The minimum Gasteiger partial charge on any atom is -0.424 e. The molecule has 6 heteroatoms. The molecule has 112 valence electrons. The van der Waals surface area contributed by atoms with Gasteiger partial charge in [0.1, 0.15) is 11.6 Å². The minimum absolute atomic E-state index is 0.0508. The van der Waals surface area contributed by atoms with Gasteiger partial charge in [0.05, 0.1) is 5.02 Å². The van der Waals surface area contributed by atoms with Gasteiger partial charge in [-0.15, -0.1) is 0 Å². The third-order valence-corrected chi connectivity index (χ3v) is 2.97. The Labute approximate surface area is 128 Å². The molecule has 1 heterocycles. The van der Waals surface area contributed by atoms with Gasteiger partial charge in [-0.05, 0) is 24.6 Å². The van der Waals surface area contributed by atoms with Crippen LogP contribution in [0.1, 0.15) is 19.4 Å². The van der Waals surface area contributed by atoms with Crippen LogP contribution in [0, 0.1) is 11.7 Å². The number of nitrogens with zero attached hydrogens (tertiary/aromatic N) is 2. The largest absolute Gasteiger partial charge is 0.424 e. The highest BCUT2D eigenvalue weighted by atomic mass is 35.5. The lowest BCUT2D eigenvalue weighted by molar-refractivity contribution is 0.436. The van der Waals surface area contributed by atoms with E-state index < -0.39 is 5.82 Å². The first-order chi connectivity index (χ1) is 10.0. The Morgan fingerprint density at radius 2 is 2.00 bits per heavy atom. The summed E-state index contributed by atoms with van der Waals surface area (Å²) in [4.78, 5) is 8.19. The molecule has 0 atom stereocenters. The Morgan fingerprint density at radius 1 is 1.29 bits per heavy atom. The summed E-state index contributed by atoms with van der Waals surface area (Å²) in [6, 6.07) is 4.36. The van der Waals surface area contributed by atoms with E-state index in [2.05, 4.69) is 29.1 Å². The zero-order valence-corrected chi connectivity index (χ0v) is 12.7. The van der Waals surface area contributed by atoms with Crippen LogP contribution in [0.5, 0.6) is 11.8 Å². The van der Waals surface area contributed by atoms with E-state index in [-0.39, 0.29) is 11.0 Å². The molecular weight excluding hydrogens is 293 g/mol. The minimum atomic E-state index is -0.538. The van der Waals surface area contributed by atoms with Crippen LogP contribution in [-0.4, -0.2) is 16.5 Å². The van der Waals surface area contributed by atoms with Crippen molar-refractivity contribution in [2.24, 2.45) is 5.92 Å². The molecule has 4 nitrogen and oxygen atoms in total. The van der Waals surface area contributed by atoms with Gasteiger partial charge in [-0.2, -0.15) is 0 Å². The highest BCUT2D eigenvalue weighted by molar-refractivity contribution is 6.30. The zero-order valence-electron chi connectivity index (χ0n) is 11.9. The van der Waals surface area contributed by atoms with Gasteiger partial charge in [0.15, 0.2) is 0 Å². The van der Waals surface area contributed by atoms with E-state index in [4.69, 9.17) is 16.3 Å². The van der Waals surface area contributed by atoms with Crippen molar-refractivity contribution >= 4 is 11.6 Å². The molecule has 2 rings (SSSR count). The molecule has 0 aliphatic carbocycles. The van der Waals surface area contributed by atoms with Crippen molar-refractivity contribution in [3.63, 3.8) is 0 Å². The van der Waals surface area contributed by atoms with Crippen LogP contribution in [0.2, 0.25) is 5.02 Å². The predicted molar refractivity (Wildman–Crippen MR) is 80.1 cm³/mol. The Hall–Kier alpha value is -1.72. The highest BCUT2D eigenvalue weighted by Crippen LogP contribution is 2.23. The second-order valence-electron chi connectivity index (χ2n) is 5.08. The Bertz CT molecular complexity index is 590. The average Bonchev–Trinajstić information content (AvgIpc) is 2.44. The maximum absolute atomic E-state index is 13.3. The topological polar surface area (TPSA) is 47.0 Å². The van der Waals surface area contributed by atoms with E-state index in [1.54, 1.807) is 18.5 Å². The number of rotatable bonds is 6. The Balaban J connectivity index is 1.94. The van der Waals surface area contributed by atoms with Gasteiger partial charge in [0, 0.05) is 30.6 Å². The van der Waals surface area contributed by atoms with Crippen molar-refractivity contribution < 1.29 is 9.13 Å². The van der Waals surface area contributed by atoms with Gasteiger partial charge in [-0.3, -0.25) is 0 Å². The first-order valence-electron chi connectivity index (χ1n) is 6.69. The molecule has 0 saturated carbocycles. The standard InChI is InChI=1S/C15H17ClFN3O/c1-10(2)6-18-7-11-8-19-15(20-9-11)21-12-3-4-13(16)14(17)5-12/h3-5,8-10,18H,6-7H2,1-2H3. The van der Waals surface area contributed by atoms with Crippen LogP contribution in [0.4, 0.5) is 4.39 Å². The molecule has 0 fully saturated rings. The van der Waals surface area contributed by atoms with E-state index in [0.29, 0.717) is 18.2 Å². The van der Waals surface area contributed by atoms with Crippen molar-refractivity contribution in [1.82, 2.24) is 15.3 Å². The van der Waals surface area contributed by atoms with Crippen molar-refractivity contribution in [3.8, 4) is 11.8 Å². The summed E-state index contributed by atoms with van der Waals surface area (Å²) in [5.74, 6) is 0.361. The quantitative estimate of drug-likeness (QED) is 0.881. The molecule has 1 aromatic heterocycles. The number of ether oxygens (including phenoxy) is 1. The van der Waals surface area contributed by atoms with Gasteiger partial charge >= 0.3 is 6.01 Å². The third kappa shape index (κ3) is 4.95. The molecule has 1 aromatic carbocycles. The smallest absolute Gasteiger partial charge is 0.321 e. The molecule has 0 spiro atoms. The fourth-order valence-electron chi connectivity index (χ4n) is 1.64. The van der Waals surface area contributed by atoms with Gasteiger partial charge in [-0.25, -0.2) is 14.4 Å². The van der Waals surface area contributed by atoms with Gasteiger partial charge in [0.25, 0.3) is 0 Å². The number of halogens is 2. The van der Waals surface area contributed by atoms with Crippen molar-refractivity contribution in [1.29, 1.82) is 0 Å². The predicted octanol–water partition coefficient (Wildman–Crippen LogP) is 3.81. The fraction of sp³-hybridized carbons (Fsp3) is 0.333. The molecule has 1 N–H and O–H groups in total. The average molecular weight is 310 g/mol. The fourth-order valence-corrected chi connectivity index (χ4v) is 1.76. The van der Waals surface area contributed by atoms with E-state index in [1.807, 2.05) is 0 Å². The molecule has 0 saturated heterocycles. The molecule has 0 aliphatic rings. The van der Waals surface area contributed by atoms with Crippen LogP contribution >= 0.6 is 11.6 Å². The summed E-state index contributed by atoms with van der Waals surface area (Å²) in [5.41, 5.74) is 0.963. The highest BCUT2D eigenvalue weighted by Gasteiger charge is 2.05. The molecule has 2 aromatic rings. The monoisotopic (exact) mass is 309 g/mol. The molecule has 21 heavy (non-hydrogen) atoms. The molecular formula is C15H17ClFN3O. The number of hydrogen-bond acceptors (Lipinski definition) is 4. The zero-order chi connectivity index (χ0) is 15.2. The SMILES string of the molecule is CC(C)CNCc1cnc(Oc2ccc(Cl)c(F)c2)nc1. The molecule has 0 radical (unpaired) electrons. The second-order valence-corrected chi connectivity index (χ2v) is 5.48. The van der Waals surface area contributed by atoms with Crippen molar-refractivity contribution in [2.45, 2.75) is 20.4 Å². The lowest BCUT2D eigenvalue weighted by Gasteiger charge is -2.08. The lowest BCUT2D eigenvalue weighted by Crippen LogP contribution is -2.19. The number of nitrogens with one attached hydrogen (secondary N) is 1. The third-order valence-electron chi connectivity index (χ3n) is 2.66. The van der Waals surface area contributed by atoms with Gasteiger partial charge in [0.2, 0.25) is 0 Å². The second kappa shape index (κ2) is 7.33. The van der Waals surface area contributed by atoms with Crippen LogP contribution in [0.15, 0.2) is 30.6 Å². The van der Waals surface area contributed by atoms with Gasteiger partial charge < -0.3 is 10.1 Å². The Kier molecular flexibility index (Phi) is 5.47. The van der Waals surface area contributed by atoms with E-state index in [0.717, 1.165) is 12.1 Å². The van der Waals surface area contributed by atoms with Crippen LogP contribution < -0.4 is 10.1 Å². The lowest BCUT2D eigenvalue weighted by atomic mass is 10.2. The molecule has 0 aliphatic heterocycles. The maximum Gasteiger partial charge on any atom is 0.321 e.